The van der Waals surface area contributed by atoms with Crippen LogP contribution in [0.2, 0.25) is 0 Å². The molecule has 6 nitrogen and oxygen atoms in total. The highest BCUT2D eigenvalue weighted by Crippen LogP contribution is 2.27. The molecular weight excluding hydrogens is 262 g/mol. The number of anilines is 2. The predicted octanol–water partition coefficient (Wildman–Crippen LogP) is 2.20. The SMILES string of the molecule is CCCC(COC)Nc1nc(NN)nc2sccc12. The van der Waals surface area contributed by atoms with Crippen molar-refractivity contribution in [3.8, 4) is 0 Å². The van der Waals surface area contributed by atoms with Crippen LogP contribution in [0.25, 0.3) is 10.2 Å². The van der Waals surface area contributed by atoms with Gasteiger partial charge in [-0.25, -0.2) is 10.8 Å². The van der Waals surface area contributed by atoms with Crippen LogP contribution in [0.3, 0.4) is 0 Å². The van der Waals surface area contributed by atoms with Crippen LogP contribution in [-0.4, -0.2) is 29.7 Å². The number of fused-ring (bicyclic) bond motifs is 1. The minimum absolute atomic E-state index is 0.235. The lowest BCUT2D eigenvalue weighted by Crippen LogP contribution is -2.25. The molecule has 0 saturated carbocycles. The summed E-state index contributed by atoms with van der Waals surface area (Å²) in [6.07, 6.45) is 2.11. The van der Waals surface area contributed by atoms with Gasteiger partial charge >= 0.3 is 0 Å². The van der Waals surface area contributed by atoms with E-state index < -0.39 is 0 Å². The van der Waals surface area contributed by atoms with Crippen molar-refractivity contribution in [2.24, 2.45) is 5.84 Å². The first-order valence-corrected chi connectivity index (χ1v) is 7.13. The number of ether oxygens (including phenoxy) is 1. The molecule has 2 heterocycles. The van der Waals surface area contributed by atoms with Gasteiger partial charge in [0.05, 0.1) is 18.0 Å². The zero-order chi connectivity index (χ0) is 13.7. The molecule has 4 N–H and O–H groups in total. The van der Waals surface area contributed by atoms with Gasteiger partial charge in [0.1, 0.15) is 10.6 Å². The Morgan fingerprint density at radius 2 is 2.32 bits per heavy atom. The number of thiophene rings is 1. The number of aromatic nitrogens is 2. The summed E-state index contributed by atoms with van der Waals surface area (Å²) < 4.78 is 5.24. The number of hydrogen-bond acceptors (Lipinski definition) is 7. The van der Waals surface area contributed by atoms with Crippen LogP contribution in [0.5, 0.6) is 0 Å². The summed E-state index contributed by atoms with van der Waals surface area (Å²) in [6, 6.07) is 2.25. The minimum Gasteiger partial charge on any atom is -0.383 e. The summed E-state index contributed by atoms with van der Waals surface area (Å²) in [5.74, 6) is 6.63. The summed E-state index contributed by atoms with van der Waals surface area (Å²) in [5.41, 5.74) is 2.50. The molecule has 0 radical (unpaired) electrons. The Kier molecular flexibility index (Phi) is 4.89. The molecule has 7 heteroatoms. The van der Waals surface area contributed by atoms with Gasteiger partial charge < -0.3 is 10.1 Å². The zero-order valence-electron chi connectivity index (χ0n) is 11.1. The normalized spacial score (nSPS) is 12.6. The topological polar surface area (TPSA) is 85.1 Å². The van der Waals surface area contributed by atoms with Crippen LogP contribution >= 0.6 is 11.3 Å². The molecule has 2 aromatic heterocycles. The minimum atomic E-state index is 0.235. The van der Waals surface area contributed by atoms with Crippen molar-refractivity contribution < 1.29 is 4.74 Å². The van der Waals surface area contributed by atoms with Gasteiger partial charge in [-0.3, -0.25) is 5.43 Å². The van der Waals surface area contributed by atoms with Gasteiger partial charge in [-0.1, -0.05) is 13.3 Å². The van der Waals surface area contributed by atoms with Crippen LogP contribution < -0.4 is 16.6 Å². The third-order valence-corrected chi connectivity index (χ3v) is 3.61. The molecule has 0 spiro atoms. The average molecular weight is 281 g/mol. The lowest BCUT2D eigenvalue weighted by molar-refractivity contribution is 0.182. The Balaban J connectivity index is 2.28. The smallest absolute Gasteiger partial charge is 0.240 e. The van der Waals surface area contributed by atoms with E-state index in [1.807, 2.05) is 11.4 Å². The Morgan fingerprint density at radius 1 is 1.47 bits per heavy atom. The Morgan fingerprint density at radius 3 is 3.00 bits per heavy atom. The Labute approximate surface area is 116 Å². The number of hydrogen-bond donors (Lipinski definition) is 3. The molecule has 0 saturated heterocycles. The highest BCUT2D eigenvalue weighted by Gasteiger charge is 2.13. The first-order chi connectivity index (χ1) is 9.28. The van der Waals surface area contributed by atoms with Crippen molar-refractivity contribution in [1.29, 1.82) is 0 Å². The fraction of sp³-hybridized carbons (Fsp3) is 0.500. The van der Waals surface area contributed by atoms with E-state index in [1.165, 1.54) is 0 Å². The molecule has 2 aromatic rings. The van der Waals surface area contributed by atoms with E-state index in [0.29, 0.717) is 12.6 Å². The quantitative estimate of drug-likeness (QED) is 0.533. The Hall–Kier alpha value is -1.44. The molecule has 0 aliphatic heterocycles. The maximum Gasteiger partial charge on any atom is 0.240 e. The number of methoxy groups -OCH3 is 1. The number of nitrogens with two attached hydrogens (primary N) is 1. The van der Waals surface area contributed by atoms with Crippen LogP contribution in [0.4, 0.5) is 11.8 Å². The average Bonchev–Trinajstić information content (AvgIpc) is 2.87. The van der Waals surface area contributed by atoms with Crippen molar-refractivity contribution in [1.82, 2.24) is 9.97 Å². The number of nitrogens with zero attached hydrogens (tertiary/aromatic N) is 2. The second kappa shape index (κ2) is 6.65. The third-order valence-electron chi connectivity index (χ3n) is 2.80. The van der Waals surface area contributed by atoms with E-state index in [2.05, 4.69) is 27.6 Å². The maximum atomic E-state index is 5.40. The van der Waals surface area contributed by atoms with E-state index in [9.17, 15) is 0 Å². The summed E-state index contributed by atoms with van der Waals surface area (Å²) in [4.78, 5) is 9.62. The highest BCUT2D eigenvalue weighted by atomic mass is 32.1. The monoisotopic (exact) mass is 281 g/mol. The summed E-state index contributed by atoms with van der Waals surface area (Å²) in [7, 11) is 1.71. The van der Waals surface area contributed by atoms with Crippen LogP contribution in [-0.2, 0) is 4.74 Å². The summed E-state index contributed by atoms with van der Waals surface area (Å²) in [5, 5.41) is 6.43. The van der Waals surface area contributed by atoms with E-state index in [4.69, 9.17) is 10.6 Å². The van der Waals surface area contributed by atoms with Crippen molar-refractivity contribution in [2.75, 3.05) is 24.5 Å². The standard InChI is InChI=1S/C12H19N5OS/c1-3-4-8(7-18-2)14-10-9-5-6-19-11(9)16-12(15-10)17-13/h5-6,8H,3-4,7,13H2,1-2H3,(H2,14,15,16,17). The van der Waals surface area contributed by atoms with Gasteiger partial charge in [0.2, 0.25) is 5.95 Å². The zero-order valence-corrected chi connectivity index (χ0v) is 12.0. The largest absolute Gasteiger partial charge is 0.383 e. The lowest BCUT2D eigenvalue weighted by Gasteiger charge is -2.18. The van der Waals surface area contributed by atoms with Gasteiger partial charge in [-0.15, -0.1) is 11.3 Å². The Bertz CT molecular complexity index is 524. The lowest BCUT2D eigenvalue weighted by atomic mass is 10.2. The van der Waals surface area contributed by atoms with Crippen molar-refractivity contribution in [3.63, 3.8) is 0 Å². The van der Waals surface area contributed by atoms with E-state index in [1.54, 1.807) is 18.4 Å². The molecule has 0 aliphatic rings. The second-order valence-electron chi connectivity index (χ2n) is 4.26. The van der Waals surface area contributed by atoms with Crippen LogP contribution in [0.1, 0.15) is 19.8 Å². The van der Waals surface area contributed by atoms with Crippen LogP contribution in [0.15, 0.2) is 11.4 Å². The molecule has 1 unspecified atom stereocenters. The number of hydrazine groups is 1. The predicted molar refractivity (Wildman–Crippen MR) is 79.4 cm³/mol. The molecule has 0 amide bonds. The summed E-state index contributed by atoms with van der Waals surface area (Å²) in [6.45, 7) is 2.80. The first-order valence-electron chi connectivity index (χ1n) is 6.25. The highest BCUT2D eigenvalue weighted by molar-refractivity contribution is 7.16. The molecule has 1 atom stereocenters. The van der Waals surface area contributed by atoms with Crippen molar-refractivity contribution in [3.05, 3.63) is 11.4 Å². The molecule has 0 aliphatic carbocycles. The first kappa shape index (κ1) is 14.0. The molecule has 0 aromatic carbocycles. The van der Waals surface area contributed by atoms with E-state index in [-0.39, 0.29) is 6.04 Å². The number of rotatable bonds is 7. The van der Waals surface area contributed by atoms with Crippen molar-refractivity contribution in [2.45, 2.75) is 25.8 Å². The molecule has 19 heavy (non-hydrogen) atoms. The summed E-state index contributed by atoms with van der Waals surface area (Å²) >= 11 is 1.57. The molecular formula is C12H19N5OS. The third kappa shape index (κ3) is 3.31. The van der Waals surface area contributed by atoms with Gasteiger partial charge in [-0.2, -0.15) is 4.98 Å². The maximum absolute atomic E-state index is 5.40. The van der Waals surface area contributed by atoms with Crippen molar-refractivity contribution >= 4 is 33.3 Å². The number of nitrogens with one attached hydrogen (secondary N) is 2. The molecule has 0 bridgehead atoms. The fourth-order valence-corrected chi connectivity index (χ4v) is 2.73. The van der Waals surface area contributed by atoms with Gasteiger partial charge in [0.15, 0.2) is 0 Å². The van der Waals surface area contributed by atoms with Gasteiger partial charge in [-0.05, 0) is 17.9 Å². The second-order valence-corrected chi connectivity index (χ2v) is 5.16. The molecule has 0 fully saturated rings. The molecule has 2 rings (SSSR count). The van der Waals surface area contributed by atoms with Gasteiger partial charge in [0, 0.05) is 7.11 Å². The molecule has 104 valence electrons. The fourth-order valence-electron chi connectivity index (χ4n) is 1.97. The van der Waals surface area contributed by atoms with Crippen LogP contribution in [0, 0.1) is 0 Å². The number of nitrogen functional groups attached to an aromatic ring is 1. The van der Waals surface area contributed by atoms with E-state index >= 15 is 0 Å². The van der Waals surface area contributed by atoms with Gasteiger partial charge in [0.25, 0.3) is 0 Å². The van der Waals surface area contributed by atoms with E-state index in [0.717, 1.165) is 28.9 Å².